The Balaban J connectivity index is 1.93. The zero-order valence-corrected chi connectivity index (χ0v) is 11.5. The molecule has 1 aromatic carbocycles. The van der Waals surface area contributed by atoms with Crippen molar-refractivity contribution >= 4 is 23.4 Å². The Morgan fingerprint density at radius 3 is 2.77 bits per heavy atom. The van der Waals surface area contributed by atoms with E-state index in [4.69, 9.17) is 4.42 Å². The predicted octanol–water partition coefficient (Wildman–Crippen LogP) is 3.17. The van der Waals surface area contributed by atoms with E-state index in [1.807, 2.05) is 0 Å². The highest BCUT2D eigenvalue weighted by atomic mass is 16.7. The van der Waals surface area contributed by atoms with Gasteiger partial charge >= 0.3 is 5.97 Å². The number of oxime groups is 1. The van der Waals surface area contributed by atoms with E-state index in [1.165, 1.54) is 18.2 Å². The number of carbonyl (C=O) groups is 1. The van der Waals surface area contributed by atoms with Crippen molar-refractivity contribution in [2.75, 3.05) is 0 Å². The molecule has 7 heteroatoms. The van der Waals surface area contributed by atoms with Crippen molar-refractivity contribution in [2.24, 2.45) is 5.16 Å². The lowest BCUT2D eigenvalue weighted by atomic mass is 10.1. The Morgan fingerprint density at radius 1 is 1.27 bits per heavy atom. The zero-order valence-electron chi connectivity index (χ0n) is 11.5. The summed E-state index contributed by atoms with van der Waals surface area (Å²) in [6.45, 7) is 1.65. The summed E-state index contributed by atoms with van der Waals surface area (Å²) in [5, 5.41) is 14.4. The second kappa shape index (κ2) is 5.28. The standard InChI is InChI=1S/C15H10N2O5/c1-9-13(15(18)22-16-9)8-12-5-6-14(21-12)10-3-2-4-11(7-10)17(19)20/h2-8H,1H3/b13-8-. The normalized spacial score (nSPS) is 15.8. The van der Waals surface area contributed by atoms with Gasteiger partial charge in [0.15, 0.2) is 0 Å². The minimum Gasteiger partial charge on any atom is -0.457 e. The minimum atomic E-state index is -0.536. The molecule has 110 valence electrons. The van der Waals surface area contributed by atoms with Crippen molar-refractivity contribution in [3.8, 4) is 11.3 Å². The van der Waals surface area contributed by atoms with Crippen LogP contribution in [0.1, 0.15) is 12.7 Å². The van der Waals surface area contributed by atoms with Crippen LogP contribution in [0.4, 0.5) is 5.69 Å². The van der Waals surface area contributed by atoms with Gasteiger partial charge in [-0.15, -0.1) is 0 Å². The lowest BCUT2D eigenvalue weighted by Crippen LogP contribution is -2.01. The van der Waals surface area contributed by atoms with E-state index in [9.17, 15) is 14.9 Å². The molecule has 0 fully saturated rings. The van der Waals surface area contributed by atoms with Gasteiger partial charge in [-0.1, -0.05) is 17.3 Å². The molecule has 0 spiro atoms. The van der Waals surface area contributed by atoms with E-state index in [0.29, 0.717) is 28.4 Å². The van der Waals surface area contributed by atoms with E-state index >= 15 is 0 Å². The van der Waals surface area contributed by atoms with Crippen LogP contribution >= 0.6 is 0 Å². The molecular formula is C15H10N2O5. The van der Waals surface area contributed by atoms with Gasteiger partial charge in [0, 0.05) is 17.7 Å². The Morgan fingerprint density at radius 2 is 2.09 bits per heavy atom. The third-order valence-electron chi connectivity index (χ3n) is 3.13. The number of benzene rings is 1. The number of furan rings is 1. The maximum atomic E-state index is 11.5. The van der Waals surface area contributed by atoms with Crippen molar-refractivity contribution in [3.63, 3.8) is 0 Å². The third kappa shape index (κ3) is 2.51. The van der Waals surface area contributed by atoms with Crippen LogP contribution < -0.4 is 0 Å². The number of nitro benzene ring substituents is 1. The number of non-ortho nitro benzene ring substituents is 1. The van der Waals surface area contributed by atoms with Gasteiger partial charge < -0.3 is 9.25 Å². The molecule has 22 heavy (non-hydrogen) atoms. The molecule has 0 atom stereocenters. The fourth-order valence-corrected chi connectivity index (χ4v) is 2.02. The molecule has 3 rings (SSSR count). The smallest absolute Gasteiger partial charge is 0.367 e. The van der Waals surface area contributed by atoms with Crippen molar-refractivity contribution < 1.29 is 19.0 Å². The summed E-state index contributed by atoms with van der Waals surface area (Å²) in [6, 6.07) is 9.47. The van der Waals surface area contributed by atoms with Gasteiger partial charge in [0.1, 0.15) is 11.5 Å². The maximum absolute atomic E-state index is 11.5. The molecule has 1 aliphatic rings. The molecule has 0 unspecified atom stereocenters. The van der Waals surface area contributed by atoms with Gasteiger partial charge in [-0.05, 0) is 25.1 Å². The monoisotopic (exact) mass is 298 g/mol. The quantitative estimate of drug-likeness (QED) is 0.375. The number of nitro groups is 1. The summed E-state index contributed by atoms with van der Waals surface area (Å²) in [5.41, 5.74) is 1.35. The zero-order chi connectivity index (χ0) is 15.7. The van der Waals surface area contributed by atoms with Crippen LogP contribution in [-0.2, 0) is 9.63 Å². The fourth-order valence-electron chi connectivity index (χ4n) is 2.02. The topological polar surface area (TPSA) is 94.9 Å². The predicted molar refractivity (Wildman–Crippen MR) is 78.0 cm³/mol. The van der Waals surface area contributed by atoms with Crippen molar-refractivity contribution in [1.29, 1.82) is 0 Å². The average Bonchev–Trinajstić information content (AvgIpc) is 3.10. The molecule has 0 saturated carbocycles. The summed E-state index contributed by atoms with van der Waals surface area (Å²) < 4.78 is 5.60. The molecule has 2 aromatic rings. The average molecular weight is 298 g/mol. The van der Waals surface area contributed by atoms with Gasteiger partial charge in [0.2, 0.25) is 0 Å². The number of hydrogen-bond donors (Lipinski definition) is 0. The van der Waals surface area contributed by atoms with Crippen molar-refractivity contribution in [2.45, 2.75) is 6.92 Å². The van der Waals surface area contributed by atoms with E-state index in [-0.39, 0.29) is 5.69 Å². The molecule has 0 saturated heterocycles. The lowest BCUT2D eigenvalue weighted by Gasteiger charge is -1.97. The first-order chi connectivity index (χ1) is 10.5. The van der Waals surface area contributed by atoms with Gasteiger partial charge in [0.05, 0.1) is 16.2 Å². The van der Waals surface area contributed by atoms with Crippen LogP contribution in [0.15, 0.2) is 51.5 Å². The van der Waals surface area contributed by atoms with Crippen molar-refractivity contribution in [1.82, 2.24) is 0 Å². The molecule has 0 bridgehead atoms. The molecule has 1 aromatic heterocycles. The highest BCUT2D eigenvalue weighted by Crippen LogP contribution is 2.27. The summed E-state index contributed by atoms with van der Waals surface area (Å²) >= 11 is 0. The molecular weight excluding hydrogens is 288 g/mol. The molecule has 0 radical (unpaired) electrons. The van der Waals surface area contributed by atoms with Crippen LogP contribution in [0.5, 0.6) is 0 Å². The Labute approximate surface area is 124 Å². The second-order valence-electron chi connectivity index (χ2n) is 4.62. The van der Waals surface area contributed by atoms with E-state index in [2.05, 4.69) is 9.99 Å². The van der Waals surface area contributed by atoms with Crippen LogP contribution in [-0.4, -0.2) is 16.6 Å². The third-order valence-corrected chi connectivity index (χ3v) is 3.13. The van der Waals surface area contributed by atoms with Gasteiger partial charge in [-0.3, -0.25) is 10.1 Å². The highest BCUT2D eigenvalue weighted by Gasteiger charge is 2.22. The molecule has 2 heterocycles. The van der Waals surface area contributed by atoms with Gasteiger partial charge in [0.25, 0.3) is 5.69 Å². The van der Waals surface area contributed by atoms with E-state index in [0.717, 1.165) is 0 Å². The van der Waals surface area contributed by atoms with Crippen LogP contribution in [0.25, 0.3) is 17.4 Å². The maximum Gasteiger partial charge on any atom is 0.367 e. The minimum absolute atomic E-state index is 0.0175. The fraction of sp³-hybridized carbons (Fsp3) is 0.0667. The number of nitrogens with zero attached hydrogens (tertiary/aromatic N) is 2. The summed E-state index contributed by atoms with van der Waals surface area (Å²) in [4.78, 5) is 26.3. The SMILES string of the molecule is CC1=NOC(=O)/C1=C\c1ccc(-c2cccc([N+](=O)[O-])c2)o1. The molecule has 0 N–H and O–H groups in total. The summed E-state index contributed by atoms with van der Waals surface area (Å²) in [5.74, 6) is 0.368. The molecule has 0 aliphatic carbocycles. The second-order valence-corrected chi connectivity index (χ2v) is 4.62. The molecule has 0 amide bonds. The lowest BCUT2D eigenvalue weighted by molar-refractivity contribution is -0.384. The van der Waals surface area contributed by atoms with Crippen LogP contribution in [0, 0.1) is 10.1 Å². The van der Waals surface area contributed by atoms with Crippen molar-refractivity contribution in [3.05, 3.63) is 57.8 Å². The molecule has 1 aliphatic heterocycles. The van der Waals surface area contributed by atoms with Gasteiger partial charge in [-0.25, -0.2) is 4.79 Å². The summed E-state index contributed by atoms with van der Waals surface area (Å²) in [6.07, 6.45) is 1.52. The Hall–Kier alpha value is -3.22. The first-order valence-electron chi connectivity index (χ1n) is 6.37. The van der Waals surface area contributed by atoms with E-state index < -0.39 is 10.9 Å². The van der Waals surface area contributed by atoms with Crippen LogP contribution in [0.2, 0.25) is 0 Å². The van der Waals surface area contributed by atoms with E-state index in [1.54, 1.807) is 31.2 Å². The van der Waals surface area contributed by atoms with Crippen LogP contribution in [0.3, 0.4) is 0 Å². The first kappa shape index (κ1) is 13.7. The largest absolute Gasteiger partial charge is 0.457 e. The highest BCUT2D eigenvalue weighted by molar-refractivity contribution is 6.24. The summed E-state index contributed by atoms with van der Waals surface area (Å²) in [7, 11) is 0. The molecule has 7 nitrogen and oxygen atoms in total. The first-order valence-corrected chi connectivity index (χ1v) is 6.37. The Bertz CT molecular complexity index is 832. The number of hydrogen-bond acceptors (Lipinski definition) is 6. The van der Waals surface area contributed by atoms with Gasteiger partial charge in [-0.2, -0.15) is 0 Å². The number of rotatable bonds is 3. The Kier molecular flexibility index (Phi) is 3.30. The number of carbonyl (C=O) groups excluding carboxylic acids is 1.